The summed E-state index contributed by atoms with van der Waals surface area (Å²) >= 11 is 0. The fourth-order valence-electron chi connectivity index (χ4n) is 2.69. The lowest BCUT2D eigenvalue weighted by Gasteiger charge is -2.19. The zero-order chi connectivity index (χ0) is 19.1. The van der Waals surface area contributed by atoms with Gasteiger partial charge in [-0.2, -0.15) is 0 Å². The third-order valence-electron chi connectivity index (χ3n) is 4.07. The fraction of sp³-hybridized carbons (Fsp3) is 0.471. The molecule has 0 atom stereocenters. The third-order valence-corrected chi connectivity index (χ3v) is 4.07. The average Bonchev–Trinajstić information content (AvgIpc) is 2.94. The van der Waals surface area contributed by atoms with Crippen LogP contribution in [0.3, 0.4) is 0 Å². The van der Waals surface area contributed by atoms with Gasteiger partial charge in [-0.25, -0.2) is 9.59 Å². The van der Waals surface area contributed by atoms with Gasteiger partial charge in [0, 0.05) is 25.2 Å². The van der Waals surface area contributed by atoms with Crippen molar-refractivity contribution >= 4 is 23.5 Å². The number of carbonyl (C=O) groups is 3. The Balaban J connectivity index is 2.08. The molecule has 26 heavy (non-hydrogen) atoms. The van der Waals surface area contributed by atoms with Crippen molar-refractivity contribution in [1.29, 1.82) is 0 Å². The highest BCUT2D eigenvalue weighted by Crippen LogP contribution is 2.19. The number of nitrogens with zero attached hydrogens (tertiary/aromatic N) is 2. The molecular formula is C17H20N2O7. The highest BCUT2D eigenvalue weighted by atomic mass is 16.6. The molecule has 0 aromatic heterocycles. The molecule has 0 spiro atoms. The topological polar surface area (TPSA) is 116 Å². The van der Waals surface area contributed by atoms with Gasteiger partial charge in [0.1, 0.15) is 0 Å². The minimum absolute atomic E-state index is 0.146. The number of likely N-dealkylation sites (tertiary alicyclic amines) is 1. The van der Waals surface area contributed by atoms with Crippen LogP contribution < -0.4 is 0 Å². The van der Waals surface area contributed by atoms with Crippen molar-refractivity contribution in [2.24, 2.45) is 0 Å². The van der Waals surface area contributed by atoms with Crippen LogP contribution in [-0.4, -0.2) is 54.5 Å². The van der Waals surface area contributed by atoms with Gasteiger partial charge in [0.05, 0.1) is 23.2 Å². The summed E-state index contributed by atoms with van der Waals surface area (Å²) in [6.07, 6.45) is 3.95. The second-order valence-corrected chi connectivity index (χ2v) is 5.89. The number of non-ortho nitro benzene ring substituents is 1. The van der Waals surface area contributed by atoms with Crippen LogP contribution in [0.25, 0.3) is 0 Å². The van der Waals surface area contributed by atoms with E-state index in [1.165, 1.54) is 0 Å². The quantitative estimate of drug-likeness (QED) is 0.445. The van der Waals surface area contributed by atoms with E-state index in [0.717, 1.165) is 51.0 Å². The Labute approximate surface area is 150 Å². The van der Waals surface area contributed by atoms with Crippen LogP contribution in [-0.2, 0) is 14.3 Å². The predicted octanol–water partition coefficient (Wildman–Crippen LogP) is 1.94. The summed E-state index contributed by atoms with van der Waals surface area (Å²) in [5, 5.41) is 11.0. The second kappa shape index (κ2) is 8.93. The molecule has 1 aromatic rings. The van der Waals surface area contributed by atoms with Crippen molar-refractivity contribution < 1.29 is 28.8 Å². The molecule has 0 unspecified atom stereocenters. The minimum atomic E-state index is -0.915. The highest BCUT2D eigenvalue weighted by Gasteiger charge is 2.21. The monoisotopic (exact) mass is 364 g/mol. The first-order chi connectivity index (χ1) is 12.4. The van der Waals surface area contributed by atoms with Crippen LogP contribution in [0.15, 0.2) is 18.2 Å². The summed E-state index contributed by atoms with van der Waals surface area (Å²) in [5.74, 6) is -2.04. The Morgan fingerprint density at radius 3 is 2.15 bits per heavy atom. The summed E-state index contributed by atoms with van der Waals surface area (Å²) in [4.78, 5) is 47.8. The molecule has 140 valence electrons. The molecule has 9 heteroatoms. The lowest BCUT2D eigenvalue weighted by molar-refractivity contribution is -0.384. The van der Waals surface area contributed by atoms with E-state index in [1.54, 1.807) is 4.90 Å². The molecule has 0 radical (unpaired) electrons. The SMILES string of the molecule is COC(=O)c1cc(C(=O)OCC(=O)N2CCCCCC2)cc([N+](=O)[O-])c1. The number of rotatable bonds is 5. The summed E-state index contributed by atoms with van der Waals surface area (Å²) in [6.45, 7) is 0.800. The number of amides is 1. The minimum Gasteiger partial charge on any atom is -0.465 e. The van der Waals surface area contributed by atoms with E-state index < -0.39 is 29.2 Å². The molecule has 1 saturated heterocycles. The zero-order valence-electron chi connectivity index (χ0n) is 14.4. The van der Waals surface area contributed by atoms with E-state index in [0.29, 0.717) is 13.1 Å². The maximum atomic E-state index is 12.2. The molecule has 1 heterocycles. The molecule has 0 bridgehead atoms. The Morgan fingerprint density at radius 1 is 1.04 bits per heavy atom. The summed E-state index contributed by atoms with van der Waals surface area (Å²) in [6, 6.07) is 3.13. The average molecular weight is 364 g/mol. The number of hydrogen-bond donors (Lipinski definition) is 0. The summed E-state index contributed by atoms with van der Waals surface area (Å²) in [7, 11) is 1.12. The summed E-state index contributed by atoms with van der Waals surface area (Å²) < 4.78 is 9.50. The van der Waals surface area contributed by atoms with Crippen LogP contribution in [0.4, 0.5) is 5.69 Å². The van der Waals surface area contributed by atoms with Crippen LogP contribution >= 0.6 is 0 Å². The van der Waals surface area contributed by atoms with E-state index in [-0.39, 0.29) is 17.0 Å². The molecule has 0 aliphatic carbocycles. The molecule has 1 amide bonds. The van der Waals surface area contributed by atoms with Crippen molar-refractivity contribution in [3.8, 4) is 0 Å². The Morgan fingerprint density at radius 2 is 1.62 bits per heavy atom. The van der Waals surface area contributed by atoms with Gasteiger partial charge < -0.3 is 14.4 Å². The third kappa shape index (κ3) is 5.01. The Kier molecular flexibility index (Phi) is 6.65. The number of hydrogen-bond acceptors (Lipinski definition) is 7. The van der Waals surface area contributed by atoms with Crippen LogP contribution in [0.1, 0.15) is 46.4 Å². The number of carbonyl (C=O) groups excluding carboxylic acids is 3. The number of ether oxygens (including phenoxy) is 2. The molecule has 1 fully saturated rings. The fourth-order valence-corrected chi connectivity index (χ4v) is 2.69. The van der Waals surface area contributed by atoms with Crippen LogP contribution in [0.2, 0.25) is 0 Å². The number of benzene rings is 1. The smallest absolute Gasteiger partial charge is 0.338 e. The van der Waals surface area contributed by atoms with E-state index in [9.17, 15) is 24.5 Å². The van der Waals surface area contributed by atoms with E-state index >= 15 is 0 Å². The molecule has 1 aliphatic heterocycles. The normalized spacial score (nSPS) is 14.3. The van der Waals surface area contributed by atoms with Crippen molar-refractivity contribution in [3.63, 3.8) is 0 Å². The molecule has 1 aromatic carbocycles. The largest absolute Gasteiger partial charge is 0.465 e. The zero-order valence-corrected chi connectivity index (χ0v) is 14.4. The van der Waals surface area contributed by atoms with Gasteiger partial charge >= 0.3 is 11.9 Å². The Bertz CT molecular complexity index is 709. The lowest BCUT2D eigenvalue weighted by atomic mass is 10.1. The van der Waals surface area contributed by atoms with Gasteiger partial charge in [0.2, 0.25) is 0 Å². The van der Waals surface area contributed by atoms with E-state index in [4.69, 9.17) is 4.74 Å². The van der Waals surface area contributed by atoms with E-state index in [2.05, 4.69) is 4.74 Å². The first-order valence-electron chi connectivity index (χ1n) is 8.25. The van der Waals surface area contributed by atoms with Crippen LogP contribution in [0, 0.1) is 10.1 Å². The predicted molar refractivity (Wildman–Crippen MR) is 89.8 cm³/mol. The maximum Gasteiger partial charge on any atom is 0.338 e. The standard InChI is InChI=1S/C17H20N2O7/c1-25-16(21)12-8-13(10-14(9-12)19(23)24)17(22)26-11-15(20)18-6-4-2-3-5-7-18/h8-10H,2-7,11H2,1H3. The lowest BCUT2D eigenvalue weighted by Crippen LogP contribution is -2.35. The first-order valence-corrected chi connectivity index (χ1v) is 8.25. The van der Waals surface area contributed by atoms with Gasteiger partial charge in [0.15, 0.2) is 6.61 Å². The number of nitro benzene ring substituents is 1. The van der Waals surface area contributed by atoms with Crippen molar-refractivity contribution in [3.05, 3.63) is 39.4 Å². The molecular weight excluding hydrogens is 344 g/mol. The summed E-state index contributed by atoms with van der Waals surface area (Å²) in [5.41, 5.74) is -0.783. The number of methoxy groups -OCH3 is 1. The highest BCUT2D eigenvalue weighted by molar-refractivity contribution is 5.97. The molecule has 0 N–H and O–H groups in total. The number of nitro groups is 1. The van der Waals surface area contributed by atoms with Crippen LogP contribution in [0.5, 0.6) is 0 Å². The van der Waals surface area contributed by atoms with Crippen molar-refractivity contribution in [2.45, 2.75) is 25.7 Å². The molecule has 0 saturated carbocycles. The van der Waals surface area contributed by atoms with Crippen molar-refractivity contribution in [2.75, 3.05) is 26.8 Å². The Hall–Kier alpha value is -2.97. The molecule has 9 nitrogen and oxygen atoms in total. The van der Waals surface area contributed by atoms with Gasteiger partial charge in [-0.15, -0.1) is 0 Å². The van der Waals surface area contributed by atoms with Gasteiger partial charge in [-0.3, -0.25) is 14.9 Å². The molecule has 2 rings (SSSR count). The van der Waals surface area contributed by atoms with Crippen molar-refractivity contribution in [1.82, 2.24) is 4.90 Å². The van der Waals surface area contributed by atoms with Gasteiger partial charge in [-0.1, -0.05) is 12.8 Å². The first kappa shape index (κ1) is 19.4. The van der Waals surface area contributed by atoms with E-state index in [1.807, 2.05) is 0 Å². The molecule has 1 aliphatic rings. The number of esters is 2. The van der Waals surface area contributed by atoms with Gasteiger partial charge in [0.25, 0.3) is 11.6 Å². The van der Waals surface area contributed by atoms with Gasteiger partial charge in [-0.05, 0) is 18.9 Å². The second-order valence-electron chi connectivity index (χ2n) is 5.89. The maximum absolute atomic E-state index is 12.2.